The molecule has 0 saturated carbocycles. The molecule has 7 heteroatoms. The predicted octanol–water partition coefficient (Wildman–Crippen LogP) is 5.01. The molecule has 1 heterocycles. The van der Waals surface area contributed by atoms with Gasteiger partial charge in [0, 0.05) is 21.6 Å². The fourth-order valence-corrected chi connectivity index (χ4v) is 3.79. The van der Waals surface area contributed by atoms with Crippen molar-refractivity contribution in [3.05, 3.63) is 82.2 Å². The van der Waals surface area contributed by atoms with Gasteiger partial charge in [-0.1, -0.05) is 28.1 Å². The third-order valence-corrected chi connectivity index (χ3v) is 5.61. The SMILES string of the molecule is Cc1cc(Br)ccc1SCC(=O)NCc1ccc(NC(=O)c2ccco2)cc1. The van der Waals surface area contributed by atoms with Crippen LogP contribution in [0.25, 0.3) is 0 Å². The van der Waals surface area contributed by atoms with Crippen LogP contribution >= 0.6 is 27.7 Å². The van der Waals surface area contributed by atoms with Gasteiger partial charge in [-0.3, -0.25) is 9.59 Å². The van der Waals surface area contributed by atoms with E-state index in [1.54, 1.807) is 24.3 Å². The second-order valence-corrected chi connectivity index (χ2v) is 8.04. The molecule has 0 atom stereocenters. The zero-order valence-corrected chi connectivity index (χ0v) is 17.6. The number of nitrogens with one attached hydrogen (secondary N) is 2. The van der Waals surface area contributed by atoms with Gasteiger partial charge < -0.3 is 15.1 Å². The van der Waals surface area contributed by atoms with Crippen LogP contribution in [0.5, 0.6) is 0 Å². The topological polar surface area (TPSA) is 71.3 Å². The Morgan fingerprint density at radius 2 is 1.89 bits per heavy atom. The first-order valence-corrected chi connectivity index (χ1v) is 10.4. The number of thioether (sulfide) groups is 1. The molecule has 0 spiro atoms. The van der Waals surface area contributed by atoms with Crippen LogP contribution in [0.15, 0.2) is 74.6 Å². The molecule has 0 aliphatic rings. The first-order valence-electron chi connectivity index (χ1n) is 8.61. The van der Waals surface area contributed by atoms with Gasteiger partial charge in [0.1, 0.15) is 0 Å². The molecular weight excluding hydrogens is 440 g/mol. The fourth-order valence-electron chi connectivity index (χ4n) is 2.48. The van der Waals surface area contributed by atoms with Crippen LogP contribution in [0.1, 0.15) is 21.7 Å². The van der Waals surface area contributed by atoms with E-state index >= 15 is 0 Å². The van der Waals surface area contributed by atoms with Gasteiger partial charge in [0.2, 0.25) is 5.91 Å². The largest absolute Gasteiger partial charge is 0.459 e. The molecule has 2 N–H and O–H groups in total. The van der Waals surface area contributed by atoms with Crippen molar-refractivity contribution in [2.45, 2.75) is 18.4 Å². The highest BCUT2D eigenvalue weighted by Gasteiger charge is 2.09. The summed E-state index contributed by atoms with van der Waals surface area (Å²) >= 11 is 4.96. The van der Waals surface area contributed by atoms with E-state index in [9.17, 15) is 9.59 Å². The molecule has 3 aromatic rings. The lowest BCUT2D eigenvalue weighted by molar-refractivity contribution is -0.118. The van der Waals surface area contributed by atoms with E-state index in [1.807, 2.05) is 37.3 Å². The third kappa shape index (κ3) is 5.74. The lowest BCUT2D eigenvalue weighted by Gasteiger charge is -2.08. The Morgan fingerprint density at radius 3 is 2.57 bits per heavy atom. The minimum atomic E-state index is -0.300. The van der Waals surface area contributed by atoms with Crippen LogP contribution in [0, 0.1) is 6.92 Å². The third-order valence-electron chi connectivity index (χ3n) is 3.94. The lowest BCUT2D eigenvalue weighted by atomic mass is 10.2. The fraction of sp³-hybridized carbons (Fsp3) is 0.143. The zero-order chi connectivity index (χ0) is 19.9. The number of amides is 2. The number of carbonyl (C=O) groups excluding carboxylic acids is 2. The molecule has 28 heavy (non-hydrogen) atoms. The maximum absolute atomic E-state index is 12.1. The Morgan fingerprint density at radius 1 is 1.11 bits per heavy atom. The van der Waals surface area contributed by atoms with Crippen molar-refractivity contribution < 1.29 is 14.0 Å². The number of hydrogen-bond donors (Lipinski definition) is 2. The Balaban J connectivity index is 1.45. The minimum Gasteiger partial charge on any atom is -0.459 e. The molecule has 3 rings (SSSR count). The number of benzene rings is 2. The van der Waals surface area contributed by atoms with E-state index in [-0.39, 0.29) is 17.6 Å². The second kappa shape index (κ2) is 9.61. The van der Waals surface area contributed by atoms with Crippen LogP contribution in [0.4, 0.5) is 5.69 Å². The van der Waals surface area contributed by atoms with Gasteiger partial charge in [0.25, 0.3) is 5.91 Å². The predicted molar refractivity (Wildman–Crippen MR) is 115 cm³/mol. The van der Waals surface area contributed by atoms with Crippen molar-refractivity contribution in [3.8, 4) is 0 Å². The summed E-state index contributed by atoms with van der Waals surface area (Å²) in [5, 5.41) is 5.67. The molecule has 0 aliphatic carbocycles. The normalized spacial score (nSPS) is 10.5. The van der Waals surface area contributed by atoms with Gasteiger partial charge in [0.15, 0.2) is 5.76 Å². The van der Waals surface area contributed by atoms with Crippen LogP contribution in [-0.4, -0.2) is 17.6 Å². The van der Waals surface area contributed by atoms with Gasteiger partial charge in [-0.15, -0.1) is 11.8 Å². The molecule has 2 amide bonds. The Bertz CT molecular complexity index is 956. The van der Waals surface area contributed by atoms with Crippen LogP contribution < -0.4 is 10.6 Å². The van der Waals surface area contributed by atoms with Crippen LogP contribution in [0.3, 0.4) is 0 Å². The van der Waals surface area contributed by atoms with Crippen molar-refractivity contribution in [2.75, 3.05) is 11.1 Å². The van der Waals surface area contributed by atoms with Gasteiger partial charge in [0.05, 0.1) is 12.0 Å². The van der Waals surface area contributed by atoms with Crippen LogP contribution in [-0.2, 0) is 11.3 Å². The number of rotatable bonds is 7. The first kappa shape index (κ1) is 20.2. The number of anilines is 1. The summed E-state index contributed by atoms with van der Waals surface area (Å²) in [5.41, 5.74) is 2.76. The number of hydrogen-bond acceptors (Lipinski definition) is 4. The molecule has 0 saturated heterocycles. The van der Waals surface area contributed by atoms with E-state index in [4.69, 9.17) is 4.42 Å². The molecule has 5 nitrogen and oxygen atoms in total. The number of aryl methyl sites for hydroxylation is 1. The van der Waals surface area contributed by atoms with Gasteiger partial charge in [-0.05, 0) is 60.5 Å². The maximum atomic E-state index is 12.1. The molecular formula is C21H19BrN2O3S. The number of halogens is 1. The summed E-state index contributed by atoms with van der Waals surface area (Å²) in [4.78, 5) is 25.1. The molecule has 1 aromatic heterocycles. The Labute approximate surface area is 176 Å². The minimum absolute atomic E-state index is 0.0254. The smallest absolute Gasteiger partial charge is 0.291 e. The van der Waals surface area contributed by atoms with Crippen molar-refractivity contribution in [1.29, 1.82) is 0 Å². The summed E-state index contributed by atoms with van der Waals surface area (Å²) in [6, 6.07) is 16.6. The number of furan rings is 1. The molecule has 0 radical (unpaired) electrons. The van der Waals surface area contributed by atoms with Crippen molar-refractivity contribution in [1.82, 2.24) is 5.32 Å². The van der Waals surface area contributed by atoms with Crippen molar-refractivity contribution in [2.24, 2.45) is 0 Å². The van der Waals surface area contributed by atoms with E-state index in [0.29, 0.717) is 18.0 Å². The number of carbonyl (C=O) groups is 2. The van der Waals surface area contributed by atoms with Gasteiger partial charge in [-0.2, -0.15) is 0 Å². The van der Waals surface area contributed by atoms with Gasteiger partial charge >= 0.3 is 0 Å². The van der Waals surface area contributed by atoms with Crippen LogP contribution in [0.2, 0.25) is 0 Å². The van der Waals surface area contributed by atoms with Crippen molar-refractivity contribution >= 4 is 45.2 Å². The van der Waals surface area contributed by atoms with Gasteiger partial charge in [-0.25, -0.2) is 0 Å². The quantitative estimate of drug-likeness (QED) is 0.488. The summed E-state index contributed by atoms with van der Waals surface area (Å²) in [5.74, 6) is 0.295. The maximum Gasteiger partial charge on any atom is 0.291 e. The second-order valence-electron chi connectivity index (χ2n) is 6.10. The van der Waals surface area contributed by atoms with E-state index in [0.717, 1.165) is 20.5 Å². The highest BCUT2D eigenvalue weighted by atomic mass is 79.9. The summed E-state index contributed by atoms with van der Waals surface area (Å²) in [6.07, 6.45) is 1.46. The molecule has 0 aliphatic heterocycles. The monoisotopic (exact) mass is 458 g/mol. The highest BCUT2D eigenvalue weighted by molar-refractivity contribution is 9.10. The Kier molecular flexibility index (Phi) is 6.95. The molecule has 144 valence electrons. The highest BCUT2D eigenvalue weighted by Crippen LogP contribution is 2.25. The lowest BCUT2D eigenvalue weighted by Crippen LogP contribution is -2.24. The molecule has 2 aromatic carbocycles. The zero-order valence-electron chi connectivity index (χ0n) is 15.2. The Hall–Kier alpha value is -2.51. The summed E-state index contributed by atoms with van der Waals surface area (Å²) in [6.45, 7) is 2.46. The average molecular weight is 459 g/mol. The van der Waals surface area contributed by atoms with Crippen molar-refractivity contribution in [3.63, 3.8) is 0 Å². The molecule has 0 unspecified atom stereocenters. The van der Waals surface area contributed by atoms with E-state index in [1.165, 1.54) is 18.0 Å². The van der Waals surface area contributed by atoms with E-state index in [2.05, 4.69) is 26.6 Å². The first-order chi connectivity index (χ1) is 13.5. The summed E-state index contributed by atoms with van der Waals surface area (Å²) < 4.78 is 6.09. The van der Waals surface area contributed by atoms with E-state index < -0.39 is 0 Å². The molecule has 0 bridgehead atoms. The summed E-state index contributed by atoms with van der Waals surface area (Å²) in [7, 11) is 0. The standard InChI is InChI=1S/C21H19BrN2O3S/c1-14-11-16(22)6-9-19(14)28-13-20(25)23-12-15-4-7-17(8-5-15)24-21(26)18-3-2-10-27-18/h2-11H,12-13H2,1H3,(H,23,25)(H,24,26). The molecule has 0 fully saturated rings. The average Bonchev–Trinajstić information content (AvgIpc) is 3.22.